The van der Waals surface area contributed by atoms with Crippen LogP contribution in [0.15, 0.2) is 71.8 Å². The molecule has 0 aliphatic carbocycles. The molecular formula is C22H16Cl2N2O3. The van der Waals surface area contributed by atoms with Crippen LogP contribution < -0.4 is 10.2 Å². The molecule has 0 aliphatic heterocycles. The molecule has 29 heavy (non-hydrogen) atoms. The summed E-state index contributed by atoms with van der Waals surface area (Å²) >= 11 is 11.8. The van der Waals surface area contributed by atoms with E-state index in [4.69, 9.17) is 27.9 Å². The number of rotatable bonds is 5. The van der Waals surface area contributed by atoms with Gasteiger partial charge in [0.05, 0.1) is 16.8 Å². The number of hydrogen-bond donors (Lipinski definition) is 1. The van der Waals surface area contributed by atoms with Crippen molar-refractivity contribution in [2.24, 2.45) is 5.10 Å². The van der Waals surface area contributed by atoms with Crippen LogP contribution in [0.5, 0.6) is 5.75 Å². The van der Waals surface area contributed by atoms with Gasteiger partial charge in [0.15, 0.2) is 0 Å². The van der Waals surface area contributed by atoms with Crippen molar-refractivity contribution in [3.8, 4) is 5.75 Å². The molecule has 0 saturated carbocycles. The van der Waals surface area contributed by atoms with Crippen LogP contribution in [0.25, 0.3) is 0 Å². The third-order valence-electron chi connectivity index (χ3n) is 3.90. The summed E-state index contributed by atoms with van der Waals surface area (Å²) in [6.07, 6.45) is 1.50. The molecule has 7 heteroatoms. The summed E-state index contributed by atoms with van der Waals surface area (Å²) < 4.78 is 5.31. The lowest BCUT2D eigenvalue weighted by atomic mass is 10.1. The summed E-state index contributed by atoms with van der Waals surface area (Å²) in [6, 6.07) is 18.4. The minimum Gasteiger partial charge on any atom is -0.423 e. The number of aryl methyl sites for hydroxylation is 1. The van der Waals surface area contributed by atoms with Crippen LogP contribution in [0.3, 0.4) is 0 Å². The molecule has 0 radical (unpaired) electrons. The minimum absolute atomic E-state index is 0.218. The molecule has 0 spiro atoms. The zero-order chi connectivity index (χ0) is 20.8. The maximum Gasteiger partial charge on any atom is 0.345 e. The molecule has 0 saturated heterocycles. The molecule has 3 rings (SSSR count). The van der Waals surface area contributed by atoms with Gasteiger partial charge >= 0.3 is 5.97 Å². The Morgan fingerprint density at radius 2 is 1.76 bits per heavy atom. The van der Waals surface area contributed by atoms with Gasteiger partial charge in [0.2, 0.25) is 0 Å². The zero-order valence-electron chi connectivity index (χ0n) is 15.4. The Kier molecular flexibility index (Phi) is 6.65. The van der Waals surface area contributed by atoms with Gasteiger partial charge in [0.1, 0.15) is 5.75 Å². The van der Waals surface area contributed by atoms with Gasteiger partial charge in [0, 0.05) is 10.6 Å². The average molecular weight is 427 g/mol. The summed E-state index contributed by atoms with van der Waals surface area (Å²) in [5.74, 6) is -0.532. The summed E-state index contributed by atoms with van der Waals surface area (Å²) in [6.45, 7) is 1.91. The SMILES string of the molecule is Cc1cccc(C(=O)N/N=C/c2ccc(OC(=O)c3ccc(Cl)cc3Cl)cc2)c1. The molecule has 0 atom stereocenters. The van der Waals surface area contributed by atoms with E-state index in [1.54, 1.807) is 42.5 Å². The smallest absolute Gasteiger partial charge is 0.345 e. The number of ether oxygens (including phenoxy) is 1. The fourth-order valence-corrected chi connectivity index (χ4v) is 2.94. The van der Waals surface area contributed by atoms with Gasteiger partial charge in [-0.3, -0.25) is 4.79 Å². The van der Waals surface area contributed by atoms with E-state index in [9.17, 15) is 9.59 Å². The largest absolute Gasteiger partial charge is 0.423 e. The van der Waals surface area contributed by atoms with Crippen molar-refractivity contribution < 1.29 is 14.3 Å². The van der Waals surface area contributed by atoms with Gasteiger partial charge in [-0.1, -0.05) is 40.9 Å². The number of carbonyl (C=O) groups is 2. The number of hydrogen-bond acceptors (Lipinski definition) is 4. The van der Waals surface area contributed by atoms with Crippen LogP contribution in [0.1, 0.15) is 31.8 Å². The van der Waals surface area contributed by atoms with Crippen LogP contribution in [-0.4, -0.2) is 18.1 Å². The number of nitrogens with zero attached hydrogens (tertiary/aromatic N) is 1. The van der Waals surface area contributed by atoms with Crippen molar-refractivity contribution in [3.63, 3.8) is 0 Å². The van der Waals surface area contributed by atoms with Gasteiger partial charge in [-0.2, -0.15) is 5.10 Å². The fraction of sp³-hybridized carbons (Fsp3) is 0.0455. The molecule has 3 aromatic carbocycles. The van der Waals surface area contributed by atoms with E-state index in [2.05, 4.69) is 10.5 Å². The van der Waals surface area contributed by atoms with E-state index in [-0.39, 0.29) is 16.5 Å². The maximum absolute atomic E-state index is 12.2. The first-order chi connectivity index (χ1) is 13.9. The maximum atomic E-state index is 12.2. The van der Waals surface area contributed by atoms with Crippen LogP contribution in [0, 0.1) is 6.92 Å². The summed E-state index contributed by atoms with van der Waals surface area (Å²) in [5.41, 5.74) is 4.94. The lowest BCUT2D eigenvalue weighted by molar-refractivity contribution is 0.0734. The Balaban J connectivity index is 1.59. The second-order valence-electron chi connectivity index (χ2n) is 6.15. The Hall–Kier alpha value is -3.15. The first-order valence-electron chi connectivity index (χ1n) is 8.60. The van der Waals surface area contributed by atoms with Crippen molar-refractivity contribution in [2.75, 3.05) is 0 Å². The number of esters is 1. The van der Waals surface area contributed by atoms with Crippen molar-refractivity contribution in [2.45, 2.75) is 6.92 Å². The monoisotopic (exact) mass is 426 g/mol. The first-order valence-corrected chi connectivity index (χ1v) is 9.35. The van der Waals surface area contributed by atoms with Gasteiger partial charge in [0.25, 0.3) is 5.91 Å². The molecule has 0 heterocycles. The lowest BCUT2D eigenvalue weighted by Gasteiger charge is -2.06. The molecule has 5 nitrogen and oxygen atoms in total. The highest BCUT2D eigenvalue weighted by Crippen LogP contribution is 2.23. The molecule has 1 N–H and O–H groups in total. The zero-order valence-corrected chi connectivity index (χ0v) is 16.9. The molecule has 0 unspecified atom stereocenters. The molecule has 0 bridgehead atoms. The van der Waals surface area contributed by atoms with Crippen molar-refractivity contribution in [1.82, 2.24) is 5.43 Å². The van der Waals surface area contributed by atoms with E-state index in [1.165, 1.54) is 18.3 Å². The number of halogens is 2. The molecule has 0 aromatic heterocycles. The third kappa shape index (κ3) is 5.67. The highest BCUT2D eigenvalue weighted by atomic mass is 35.5. The van der Waals surface area contributed by atoms with Crippen molar-refractivity contribution in [1.29, 1.82) is 0 Å². The standard InChI is InChI=1S/C22H16Cl2N2O3/c1-14-3-2-4-16(11-14)21(27)26-25-13-15-5-8-18(9-6-15)29-22(28)19-10-7-17(23)12-20(19)24/h2-13H,1H3,(H,26,27)/b25-13+. The second-order valence-corrected chi connectivity index (χ2v) is 6.99. The van der Waals surface area contributed by atoms with Crippen LogP contribution in [0.4, 0.5) is 0 Å². The Labute approximate surface area is 177 Å². The summed E-state index contributed by atoms with van der Waals surface area (Å²) in [7, 11) is 0. The molecule has 3 aromatic rings. The number of amides is 1. The Bertz CT molecular complexity index is 1080. The van der Waals surface area contributed by atoms with Gasteiger partial charge < -0.3 is 4.74 Å². The molecule has 0 aliphatic rings. The lowest BCUT2D eigenvalue weighted by Crippen LogP contribution is -2.17. The first kappa shape index (κ1) is 20.6. The predicted molar refractivity (Wildman–Crippen MR) is 114 cm³/mol. The number of carbonyl (C=O) groups excluding carboxylic acids is 2. The summed E-state index contributed by atoms with van der Waals surface area (Å²) in [5, 5.41) is 4.60. The number of nitrogens with one attached hydrogen (secondary N) is 1. The van der Waals surface area contributed by atoms with E-state index in [0.717, 1.165) is 11.1 Å². The number of hydrazone groups is 1. The van der Waals surface area contributed by atoms with Gasteiger partial charge in [-0.05, 0) is 67.1 Å². The van der Waals surface area contributed by atoms with Crippen molar-refractivity contribution >= 4 is 41.3 Å². The Morgan fingerprint density at radius 1 is 1.00 bits per heavy atom. The molecule has 146 valence electrons. The van der Waals surface area contributed by atoms with E-state index >= 15 is 0 Å². The molecule has 1 amide bonds. The Morgan fingerprint density at radius 3 is 2.45 bits per heavy atom. The van der Waals surface area contributed by atoms with Crippen molar-refractivity contribution in [3.05, 3.63) is 99.0 Å². The highest BCUT2D eigenvalue weighted by Gasteiger charge is 2.13. The molecule has 0 fully saturated rings. The fourth-order valence-electron chi connectivity index (χ4n) is 2.46. The molecular weight excluding hydrogens is 411 g/mol. The minimum atomic E-state index is -0.585. The predicted octanol–water partition coefficient (Wildman–Crippen LogP) is 5.28. The van der Waals surface area contributed by atoms with E-state index < -0.39 is 5.97 Å². The van der Waals surface area contributed by atoms with Gasteiger partial charge in [-0.25, -0.2) is 10.2 Å². The van der Waals surface area contributed by atoms with Crippen LogP contribution in [0.2, 0.25) is 10.0 Å². The van der Waals surface area contributed by atoms with E-state index in [0.29, 0.717) is 16.3 Å². The van der Waals surface area contributed by atoms with Gasteiger partial charge in [-0.15, -0.1) is 0 Å². The van der Waals surface area contributed by atoms with E-state index in [1.807, 2.05) is 19.1 Å². The number of benzene rings is 3. The quantitative estimate of drug-likeness (QED) is 0.261. The van der Waals surface area contributed by atoms with Crippen LogP contribution in [-0.2, 0) is 0 Å². The van der Waals surface area contributed by atoms with Crippen LogP contribution >= 0.6 is 23.2 Å². The third-order valence-corrected chi connectivity index (χ3v) is 4.45. The average Bonchev–Trinajstić information content (AvgIpc) is 2.69. The topological polar surface area (TPSA) is 67.8 Å². The normalized spacial score (nSPS) is 10.7. The second kappa shape index (κ2) is 9.37. The highest BCUT2D eigenvalue weighted by molar-refractivity contribution is 6.36. The summed E-state index contributed by atoms with van der Waals surface area (Å²) in [4.78, 5) is 24.3.